The van der Waals surface area contributed by atoms with Gasteiger partial charge in [0.2, 0.25) is 0 Å². The SMILES string of the molecule is C1CCC(C2CCC3CCC(C4CCC(N(C5CCC(C6CCCC7C8CCC9OC%10CCCCC%10C9C8OC67)CC5)C5CCCC6C7CCCCC7SC65)CC4)CC3C2)CC1. The Morgan fingerprint density at radius 2 is 0.887 bits per heavy atom. The van der Waals surface area contributed by atoms with E-state index >= 15 is 0 Å². The molecule has 0 N–H and O–H groups in total. The van der Waals surface area contributed by atoms with Gasteiger partial charge in [0, 0.05) is 34.5 Å². The normalized spacial score (nSPS) is 54.3. The minimum atomic E-state index is 0.520. The Kier molecular flexibility index (Phi) is 12.5. The number of hydrogen-bond acceptors (Lipinski definition) is 4. The van der Waals surface area contributed by atoms with E-state index in [1.807, 2.05) is 0 Å². The first-order valence-electron chi connectivity index (χ1n) is 29.5. The third kappa shape index (κ3) is 7.74. The summed E-state index contributed by atoms with van der Waals surface area (Å²) in [6.45, 7) is 0. The highest BCUT2D eigenvalue weighted by atomic mass is 32.2. The van der Waals surface area contributed by atoms with Gasteiger partial charge in [-0.25, -0.2) is 0 Å². The van der Waals surface area contributed by atoms with Crippen molar-refractivity contribution in [3.05, 3.63) is 0 Å². The smallest absolute Gasteiger partial charge is 0.0667 e. The van der Waals surface area contributed by atoms with Crippen LogP contribution in [0.1, 0.15) is 225 Å². The molecular weight excluding hydrogens is 775 g/mol. The fourth-order valence-corrected chi connectivity index (χ4v) is 23.4. The molecule has 0 aromatic heterocycles. The number of ether oxygens (including phenoxy) is 2. The summed E-state index contributed by atoms with van der Waals surface area (Å²) >= 11 is 2.58. The van der Waals surface area contributed by atoms with E-state index in [9.17, 15) is 0 Å². The summed E-state index contributed by atoms with van der Waals surface area (Å²) in [4.78, 5) is 3.44. The van der Waals surface area contributed by atoms with E-state index in [4.69, 9.17) is 9.47 Å². The molecule has 0 aromatic carbocycles. The summed E-state index contributed by atoms with van der Waals surface area (Å²) in [5, 5.41) is 1.96. The van der Waals surface area contributed by atoms with Crippen LogP contribution >= 0.6 is 11.8 Å². The van der Waals surface area contributed by atoms with Crippen molar-refractivity contribution >= 4 is 11.8 Å². The van der Waals surface area contributed by atoms with Gasteiger partial charge in [-0.1, -0.05) is 70.6 Å². The van der Waals surface area contributed by atoms with Gasteiger partial charge in [-0.15, -0.1) is 0 Å². The fraction of sp³-hybridized carbons (Fsp3) is 1.00. The summed E-state index contributed by atoms with van der Waals surface area (Å²) in [6.07, 6.45) is 55.4. The Labute approximate surface area is 385 Å². The van der Waals surface area contributed by atoms with Gasteiger partial charge in [0.15, 0.2) is 0 Å². The lowest BCUT2D eigenvalue weighted by atomic mass is 9.59. The predicted octanol–water partition coefficient (Wildman–Crippen LogP) is 14.8. The van der Waals surface area contributed by atoms with Crippen LogP contribution in [0.3, 0.4) is 0 Å². The van der Waals surface area contributed by atoms with Gasteiger partial charge >= 0.3 is 0 Å². The Morgan fingerprint density at radius 3 is 1.68 bits per heavy atom. The molecule has 0 spiro atoms. The van der Waals surface area contributed by atoms with Crippen LogP contribution in [0.4, 0.5) is 0 Å². The van der Waals surface area contributed by atoms with Crippen molar-refractivity contribution in [3.63, 3.8) is 0 Å². The van der Waals surface area contributed by atoms with E-state index in [-0.39, 0.29) is 0 Å². The molecule has 348 valence electrons. The molecule has 3 aliphatic heterocycles. The van der Waals surface area contributed by atoms with Crippen LogP contribution in [-0.2, 0) is 9.47 Å². The zero-order chi connectivity index (χ0) is 40.7. The Balaban J connectivity index is 0.689. The molecule has 10 saturated carbocycles. The molecule has 13 rings (SSSR count). The van der Waals surface area contributed by atoms with Crippen molar-refractivity contribution in [1.82, 2.24) is 4.90 Å². The molecule has 18 atom stereocenters. The average molecular weight is 868 g/mol. The molecule has 13 aliphatic rings. The second-order valence-electron chi connectivity index (χ2n) is 26.2. The van der Waals surface area contributed by atoms with Crippen molar-refractivity contribution in [1.29, 1.82) is 0 Å². The van der Waals surface area contributed by atoms with E-state index < -0.39 is 0 Å². The van der Waals surface area contributed by atoms with Crippen LogP contribution in [0, 0.1) is 82.9 Å². The Hall–Kier alpha value is 0.230. The van der Waals surface area contributed by atoms with E-state index in [1.165, 1.54) is 128 Å². The molecular formula is C58H93NO2S. The summed E-state index contributed by atoms with van der Waals surface area (Å²) in [6, 6.07) is 2.62. The zero-order valence-corrected chi connectivity index (χ0v) is 40.5. The quantitative estimate of drug-likeness (QED) is 0.265. The summed E-state index contributed by atoms with van der Waals surface area (Å²) in [5.74, 6) is 13.6. The van der Waals surface area contributed by atoms with Crippen molar-refractivity contribution in [2.45, 2.75) is 278 Å². The minimum absolute atomic E-state index is 0.520. The van der Waals surface area contributed by atoms with Gasteiger partial charge in [-0.3, -0.25) is 4.90 Å². The van der Waals surface area contributed by atoms with E-state index in [0.717, 1.165) is 111 Å². The molecule has 3 saturated heterocycles. The third-order valence-electron chi connectivity index (χ3n) is 23.9. The summed E-state index contributed by atoms with van der Waals surface area (Å²) in [7, 11) is 0. The minimum Gasteiger partial charge on any atom is -0.374 e. The molecule has 0 radical (unpaired) electrons. The molecule has 3 nitrogen and oxygen atoms in total. The number of fused-ring (bicyclic) bond motifs is 11. The van der Waals surface area contributed by atoms with Crippen molar-refractivity contribution in [2.24, 2.45) is 82.9 Å². The van der Waals surface area contributed by atoms with Gasteiger partial charge < -0.3 is 9.47 Å². The van der Waals surface area contributed by atoms with Crippen LogP contribution in [0.25, 0.3) is 0 Å². The van der Waals surface area contributed by atoms with Gasteiger partial charge in [0.25, 0.3) is 0 Å². The second kappa shape index (κ2) is 18.3. The molecule has 0 aromatic rings. The van der Waals surface area contributed by atoms with Gasteiger partial charge in [-0.2, -0.15) is 11.8 Å². The third-order valence-corrected chi connectivity index (χ3v) is 25.8. The fourth-order valence-electron chi connectivity index (χ4n) is 21.2. The molecule has 0 bridgehead atoms. The number of thioether (sulfide) groups is 1. The van der Waals surface area contributed by atoms with Gasteiger partial charge in [0.1, 0.15) is 0 Å². The Bertz CT molecular complexity index is 1500. The van der Waals surface area contributed by atoms with Crippen LogP contribution < -0.4 is 0 Å². The van der Waals surface area contributed by atoms with E-state index in [1.54, 1.807) is 96.3 Å². The maximum atomic E-state index is 7.59. The molecule has 13 fully saturated rings. The number of hydrogen-bond donors (Lipinski definition) is 0. The lowest BCUT2D eigenvalue weighted by Crippen LogP contribution is -2.57. The topological polar surface area (TPSA) is 21.7 Å². The lowest BCUT2D eigenvalue weighted by Gasteiger charge is -2.53. The highest BCUT2D eigenvalue weighted by molar-refractivity contribution is 8.00. The van der Waals surface area contributed by atoms with Crippen molar-refractivity contribution in [2.75, 3.05) is 0 Å². The monoisotopic (exact) mass is 868 g/mol. The van der Waals surface area contributed by atoms with Gasteiger partial charge in [0.05, 0.1) is 24.4 Å². The predicted molar refractivity (Wildman–Crippen MR) is 256 cm³/mol. The van der Waals surface area contributed by atoms with Crippen LogP contribution in [-0.4, -0.2) is 57.9 Å². The van der Waals surface area contributed by atoms with Crippen molar-refractivity contribution in [3.8, 4) is 0 Å². The van der Waals surface area contributed by atoms with Crippen LogP contribution in [0.5, 0.6) is 0 Å². The Morgan fingerprint density at radius 1 is 0.323 bits per heavy atom. The van der Waals surface area contributed by atoms with E-state index in [0.29, 0.717) is 24.4 Å². The van der Waals surface area contributed by atoms with Crippen molar-refractivity contribution < 1.29 is 9.47 Å². The molecule has 4 heteroatoms. The molecule has 62 heavy (non-hydrogen) atoms. The molecule has 0 amide bonds. The highest BCUT2D eigenvalue weighted by Crippen LogP contribution is 2.61. The summed E-state index contributed by atoms with van der Waals surface area (Å²) < 4.78 is 14.4. The van der Waals surface area contributed by atoms with Crippen LogP contribution in [0.15, 0.2) is 0 Å². The molecule has 3 heterocycles. The van der Waals surface area contributed by atoms with Crippen LogP contribution in [0.2, 0.25) is 0 Å². The molecule has 18 unspecified atom stereocenters. The zero-order valence-electron chi connectivity index (χ0n) is 39.7. The molecule has 10 aliphatic carbocycles. The average Bonchev–Trinajstić information content (AvgIpc) is 4.04. The standard InChI is InChI=1S/C58H93NO2S/c1-2-10-36(11-3-1)40-22-20-38-21-23-41(35-42(38)34-40)37-24-28-43(29-25-37)59(51-17-9-16-49-46-12-5-7-19-54(46)62-58(49)51)44-30-26-39(27-31-44)45-14-8-15-47-48-32-33-53-55(57(48)61-56(45)47)50-13-4-6-18-52(50)60-53/h36-58H,1-35H2. The highest BCUT2D eigenvalue weighted by Gasteiger charge is 2.61. The first-order valence-corrected chi connectivity index (χ1v) is 30.4. The first-order chi connectivity index (χ1) is 30.7. The second-order valence-corrected chi connectivity index (χ2v) is 27.6. The maximum Gasteiger partial charge on any atom is 0.0667 e. The van der Waals surface area contributed by atoms with E-state index in [2.05, 4.69) is 16.7 Å². The summed E-state index contributed by atoms with van der Waals surface area (Å²) in [5.41, 5.74) is 0. The van der Waals surface area contributed by atoms with Gasteiger partial charge in [-0.05, 0) is 231 Å². The lowest BCUT2D eigenvalue weighted by molar-refractivity contribution is -0.0879. The first kappa shape index (κ1) is 42.3. The number of rotatable bonds is 6. The maximum absolute atomic E-state index is 7.59. The largest absolute Gasteiger partial charge is 0.374 e. The number of nitrogens with zero attached hydrogens (tertiary/aromatic N) is 1.